The molecule has 0 aliphatic carbocycles. The van der Waals surface area contributed by atoms with E-state index in [4.69, 9.17) is 14.7 Å². The summed E-state index contributed by atoms with van der Waals surface area (Å²) in [6, 6.07) is 3.66. The van der Waals surface area contributed by atoms with Crippen molar-refractivity contribution < 1.29 is 17.7 Å². The Morgan fingerprint density at radius 1 is 1.17 bits per heavy atom. The van der Waals surface area contributed by atoms with Gasteiger partial charge in [0.25, 0.3) is 5.89 Å². The maximum Gasteiger partial charge on any atom is 0.262 e. The third-order valence-electron chi connectivity index (χ3n) is 3.63. The molecule has 0 aliphatic heterocycles. The van der Waals surface area contributed by atoms with Crippen LogP contribution in [0.15, 0.2) is 39.6 Å². The van der Waals surface area contributed by atoms with Gasteiger partial charge in [-0.2, -0.15) is 4.98 Å². The molecule has 3 heterocycles. The number of halogens is 2. The number of furan rings is 1. The predicted octanol–water partition coefficient (Wildman–Crippen LogP) is 3.71. The van der Waals surface area contributed by atoms with E-state index in [1.54, 1.807) is 6.07 Å². The molecule has 0 bridgehead atoms. The van der Waals surface area contributed by atoms with E-state index in [9.17, 15) is 8.78 Å². The fraction of sp³-hybridized carbons (Fsp3) is 0.0625. The van der Waals surface area contributed by atoms with Gasteiger partial charge in [-0.1, -0.05) is 5.16 Å². The second-order valence-corrected chi connectivity index (χ2v) is 5.26. The summed E-state index contributed by atoms with van der Waals surface area (Å²) in [4.78, 5) is 8.28. The number of pyridine rings is 1. The van der Waals surface area contributed by atoms with Crippen molar-refractivity contribution in [2.75, 3.05) is 5.73 Å². The van der Waals surface area contributed by atoms with Crippen LogP contribution in [0.5, 0.6) is 0 Å². The van der Waals surface area contributed by atoms with Crippen molar-refractivity contribution in [1.82, 2.24) is 15.1 Å². The molecule has 1 aromatic carbocycles. The lowest BCUT2D eigenvalue weighted by atomic mass is 10.1. The Labute approximate surface area is 133 Å². The molecule has 3 aromatic heterocycles. The van der Waals surface area contributed by atoms with E-state index in [-0.39, 0.29) is 22.7 Å². The van der Waals surface area contributed by atoms with Gasteiger partial charge in [-0.3, -0.25) is 0 Å². The van der Waals surface area contributed by atoms with Gasteiger partial charge in [0.15, 0.2) is 11.4 Å². The summed E-state index contributed by atoms with van der Waals surface area (Å²) in [7, 11) is 0. The Balaban J connectivity index is 1.82. The first-order valence-electron chi connectivity index (χ1n) is 6.96. The van der Waals surface area contributed by atoms with Gasteiger partial charge in [0.1, 0.15) is 17.9 Å². The molecule has 6 nitrogen and oxygen atoms in total. The summed E-state index contributed by atoms with van der Waals surface area (Å²) < 4.78 is 37.5. The summed E-state index contributed by atoms with van der Waals surface area (Å²) in [6.07, 6.45) is 2.76. The lowest BCUT2D eigenvalue weighted by Crippen LogP contribution is -1.94. The van der Waals surface area contributed by atoms with Crippen LogP contribution in [0.25, 0.3) is 33.8 Å². The molecule has 120 valence electrons. The smallest absolute Gasteiger partial charge is 0.262 e. The number of nitrogens with two attached hydrogens (primary N) is 1. The number of fused-ring (bicyclic) bond motifs is 1. The number of hydrogen-bond donors (Lipinski definition) is 1. The maximum absolute atomic E-state index is 13.7. The Morgan fingerprint density at radius 2 is 2.00 bits per heavy atom. The predicted molar refractivity (Wildman–Crippen MR) is 81.8 cm³/mol. The minimum absolute atomic E-state index is 0.0730. The van der Waals surface area contributed by atoms with E-state index in [1.807, 2.05) is 6.92 Å². The summed E-state index contributed by atoms with van der Waals surface area (Å²) in [6.45, 7) is 1.81. The van der Waals surface area contributed by atoms with Crippen LogP contribution in [0, 0.1) is 18.6 Å². The topological polar surface area (TPSA) is 91.0 Å². The zero-order chi connectivity index (χ0) is 16.8. The van der Waals surface area contributed by atoms with Crippen LogP contribution >= 0.6 is 0 Å². The maximum atomic E-state index is 13.7. The first-order valence-corrected chi connectivity index (χ1v) is 6.96. The number of aryl methyl sites for hydroxylation is 1. The van der Waals surface area contributed by atoms with Crippen molar-refractivity contribution in [2.45, 2.75) is 6.92 Å². The molecular formula is C16H10F2N4O2. The molecule has 24 heavy (non-hydrogen) atoms. The van der Waals surface area contributed by atoms with Gasteiger partial charge >= 0.3 is 0 Å². The SMILES string of the molecule is Cc1cc(-c2noc(-c3coc4c(F)cc(F)cc34)n2)cnc1N. The highest BCUT2D eigenvalue weighted by molar-refractivity contribution is 5.92. The van der Waals surface area contributed by atoms with Gasteiger partial charge in [0, 0.05) is 23.2 Å². The van der Waals surface area contributed by atoms with E-state index in [0.29, 0.717) is 16.9 Å². The van der Waals surface area contributed by atoms with Crippen LogP contribution in [-0.2, 0) is 0 Å². The lowest BCUT2D eigenvalue weighted by molar-refractivity contribution is 0.432. The van der Waals surface area contributed by atoms with Crippen molar-refractivity contribution >= 4 is 16.8 Å². The van der Waals surface area contributed by atoms with Gasteiger partial charge < -0.3 is 14.7 Å². The molecule has 0 aliphatic rings. The summed E-state index contributed by atoms with van der Waals surface area (Å²) in [5.74, 6) is -0.737. The number of benzene rings is 1. The molecule has 0 amide bonds. The Kier molecular flexibility index (Phi) is 3.05. The van der Waals surface area contributed by atoms with Crippen molar-refractivity contribution in [3.05, 3.63) is 47.9 Å². The molecule has 0 saturated carbocycles. The van der Waals surface area contributed by atoms with E-state index in [2.05, 4.69) is 15.1 Å². The molecule has 0 atom stereocenters. The van der Waals surface area contributed by atoms with Crippen molar-refractivity contribution in [3.8, 4) is 22.8 Å². The number of nitrogens with zero attached hydrogens (tertiary/aromatic N) is 3. The van der Waals surface area contributed by atoms with E-state index < -0.39 is 11.6 Å². The van der Waals surface area contributed by atoms with Gasteiger partial charge in [0.2, 0.25) is 5.82 Å². The standard InChI is InChI=1S/C16H10F2N4O2/c1-7-2-8(5-20-14(7)19)15-21-16(24-22-15)11-6-23-13-10(11)3-9(17)4-12(13)18/h2-6H,1H3,(H2,19,20). The summed E-state index contributed by atoms with van der Waals surface area (Å²) >= 11 is 0. The Bertz CT molecular complexity index is 1070. The van der Waals surface area contributed by atoms with Gasteiger partial charge in [-0.05, 0) is 24.6 Å². The monoisotopic (exact) mass is 328 g/mol. The molecular weight excluding hydrogens is 318 g/mol. The minimum Gasteiger partial charge on any atom is -0.460 e. The van der Waals surface area contributed by atoms with E-state index in [0.717, 1.165) is 17.7 Å². The van der Waals surface area contributed by atoms with Crippen LogP contribution in [-0.4, -0.2) is 15.1 Å². The average Bonchev–Trinajstić information content (AvgIpc) is 3.16. The fourth-order valence-electron chi connectivity index (χ4n) is 2.38. The molecule has 0 unspecified atom stereocenters. The molecule has 4 aromatic rings. The third kappa shape index (κ3) is 2.19. The fourth-order valence-corrected chi connectivity index (χ4v) is 2.38. The Hall–Kier alpha value is -3.29. The highest BCUT2D eigenvalue weighted by atomic mass is 19.1. The second-order valence-electron chi connectivity index (χ2n) is 5.26. The average molecular weight is 328 g/mol. The second kappa shape index (κ2) is 5.12. The van der Waals surface area contributed by atoms with Crippen LogP contribution in [0.3, 0.4) is 0 Å². The summed E-state index contributed by atoms with van der Waals surface area (Å²) in [5.41, 5.74) is 7.30. The van der Waals surface area contributed by atoms with Crippen molar-refractivity contribution in [2.24, 2.45) is 0 Å². The zero-order valence-corrected chi connectivity index (χ0v) is 12.4. The van der Waals surface area contributed by atoms with Gasteiger partial charge in [0.05, 0.1) is 5.56 Å². The molecule has 8 heteroatoms. The molecule has 0 spiro atoms. The zero-order valence-electron chi connectivity index (χ0n) is 12.4. The molecule has 0 saturated heterocycles. The lowest BCUT2D eigenvalue weighted by Gasteiger charge is -1.99. The van der Waals surface area contributed by atoms with Gasteiger partial charge in [-0.15, -0.1) is 0 Å². The number of anilines is 1. The van der Waals surface area contributed by atoms with Crippen molar-refractivity contribution in [1.29, 1.82) is 0 Å². The molecule has 0 fully saturated rings. The summed E-state index contributed by atoms with van der Waals surface area (Å²) in [5, 5.41) is 4.09. The number of hydrogen-bond acceptors (Lipinski definition) is 6. The molecule has 2 N–H and O–H groups in total. The minimum atomic E-state index is -0.797. The van der Waals surface area contributed by atoms with Gasteiger partial charge in [-0.25, -0.2) is 13.8 Å². The quantitative estimate of drug-likeness (QED) is 0.603. The molecule has 0 radical (unpaired) electrons. The first kappa shape index (κ1) is 14.3. The first-order chi connectivity index (χ1) is 11.5. The normalized spacial score (nSPS) is 11.3. The van der Waals surface area contributed by atoms with Crippen LogP contribution in [0.4, 0.5) is 14.6 Å². The van der Waals surface area contributed by atoms with E-state index >= 15 is 0 Å². The van der Waals surface area contributed by atoms with Crippen LogP contribution in [0.2, 0.25) is 0 Å². The van der Waals surface area contributed by atoms with Crippen LogP contribution in [0.1, 0.15) is 5.56 Å². The van der Waals surface area contributed by atoms with Crippen molar-refractivity contribution in [3.63, 3.8) is 0 Å². The highest BCUT2D eigenvalue weighted by Crippen LogP contribution is 2.32. The number of nitrogen functional groups attached to an aromatic ring is 1. The van der Waals surface area contributed by atoms with E-state index in [1.165, 1.54) is 12.5 Å². The van der Waals surface area contributed by atoms with Crippen LogP contribution < -0.4 is 5.73 Å². The molecule has 4 rings (SSSR count). The Morgan fingerprint density at radius 3 is 2.79 bits per heavy atom. The number of rotatable bonds is 2. The third-order valence-corrected chi connectivity index (χ3v) is 3.63. The largest absolute Gasteiger partial charge is 0.460 e. The number of aromatic nitrogens is 3. The highest BCUT2D eigenvalue weighted by Gasteiger charge is 2.19.